The Kier molecular flexibility index (Phi) is 3.82. The lowest BCUT2D eigenvalue weighted by molar-refractivity contribution is -0.127. The number of nitrogens with one attached hydrogen (secondary N) is 1. The van der Waals surface area contributed by atoms with E-state index in [4.69, 9.17) is 5.73 Å². The highest BCUT2D eigenvalue weighted by molar-refractivity contribution is 8.00. The van der Waals surface area contributed by atoms with Crippen molar-refractivity contribution in [2.75, 3.05) is 12.8 Å². The Morgan fingerprint density at radius 2 is 2.00 bits per heavy atom. The van der Waals surface area contributed by atoms with Gasteiger partial charge in [0.25, 0.3) is 0 Å². The molecule has 4 atom stereocenters. The third-order valence-electron chi connectivity index (χ3n) is 5.82. The number of hydrogen-bond acceptors (Lipinski definition) is 3. The van der Waals surface area contributed by atoms with Crippen molar-refractivity contribution in [2.45, 2.75) is 55.7 Å². The summed E-state index contributed by atoms with van der Waals surface area (Å²) in [6, 6.07) is 0.118. The average Bonchev–Trinajstić information content (AvgIpc) is 3.12. The summed E-state index contributed by atoms with van der Waals surface area (Å²) >= 11 is 1.93. The zero-order valence-corrected chi connectivity index (χ0v) is 12.7. The normalized spacial score (nSPS) is 39.7. The van der Waals surface area contributed by atoms with Gasteiger partial charge >= 0.3 is 0 Å². The molecule has 0 spiro atoms. The van der Waals surface area contributed by atoms with E-state index in [1.165, 1.54) is 44.9 Å². The van der Waals surface area contributed by atoms with Gasteiger partial charge in [0.05, 0.1) is 5.92 Å². The van der Waals surface area contributed by atoms with Gasteiger partial charge in [0, 0.05) is 17.3 Å². The molecular weight excluding hydrogens is 256 g/mol. The van der Waals surface area contributed by atoms with Crippen LogP contribution in [0.15, 0.2) is 0 Å². The highest BCUT2D eigenvalue weighted by Gasteiger charge is 2.49. The summed E-state index contributed by atoms with van der Waals surface area (Å²) in [7, 11) is 0. The summed E-state index contributed by atoms with van der Waals surface area (Å²) in [4.78, 5) is 12.5. The Morgan fingerprint density at radius 1 is 1.32 bits per heavy atom. The predicted molar refractivity (Wildman–Crippen MR) is 80.0 cm³/mol. The predicted octanol–water partition coefficient (Wildman–Crippen LogP) is 2.15. The van der Waals surface area contributed by atoms with Crippen molar-refractivity contribution in [3.63, 3.8) is 0 Å². The number of thioether (sulfide) groups is 1. The van der Waals surface area contributed by atoms with E-state index in [0.717, 1.165) is 6.54 Å². The highest BCUT2D eigenvalue weighted by atomic mass is 32.2. The van der Waals surface area contributed by atoms with Gasteiger partial charge in [-0.15, -0.1) is 0 Å². The van der Waals surface area contributed by atoms with Crippen molar-refractivity contribution in [1.82, 2.24) is 5.32 Å². The molecule has 0 aliphatic heterocycles. The molecule has 0 aromatic carbocycles. The SMILES string of the molecule is CSC1(CNC(=O)C2C3CCC(C3)C2N)CCCC1. The van der Waals surface area contributed by atoms with E-state index >= 15 is 0 Å². The maximum Gasteiger partial charge on any atom is 0.225 e. The molecule has 4 unspecified atom stereocenters. The van der Waals surface area contributed by atoms with E-state index < -0.39 is 0 Å². The molecule has 0 saturated heterocycles. The zero-order valence-electron chi connectivity index (χ0n) is 11.9. The number of carbonyl (C=O) groups excluding carboxylic acids is 1. The van der Waals surface area contributed by atoms with Crippen LogP contribution in [-0.2, 0) is 4.79 Å². The second kappa shape index (κ2) is 5.28. The van der Waals surface area contributed by atoms with Crippen LogP contribution < -0.4 is 11.1 Å². The first-order chi connectivity index (χ1) is 9.15. The van der Waals surface area contributed by atoms with Gasteiger partial charge in [0.1, 0.15) is 0 Å². The lowest BCUT2D eigenvalue weighted by atomic mass is 9.84. The lowest BCUT2D eigenvalue weighted by Crippen LogP contribution is -2.48. The highest BCUT2D eigenvalue weighted by Crippen LogP contribution is 2.47. The summed E-state index contributed by atoms with van der Waals surface area (Å²) in [5.41, 5.74) is 6.25. The molecule has 1 amide bonds. The molecule has 3 fully saturated rings. The lowest BCUT2D eigenvalue weighted by Gasteiger charge is -2.31. The van der Waals surface area contributed by atoms with E-state index in [0.29, 0.717) is 16.6 Å². The van der Waals surface area contributed by atoms with Crippen molar-refractivity contribution < 1.29 is 4.79 Å². The molecular formula is C15H26N2OS. The first kappa shape index (κ1) is 13.7. The monoisotopic (exact) mass is 282 g/mol. The van der Waals surface area contributed by atoms with Gasteiger partial charge in [-0.3, -0.25) is 4.79 Å². The van der Waals surface area contributed by atoms with Gasteiger partial charge in [-0.05, 0) is 50.2 Å². The smallest absolute Gasteiger partial charge is 0.225 e. The number of amides is 1. The molecule has 3 saturated carbocycles. The standard InChI is InChI=1S/C15H26N2OS/c1-19-15(6-2-3-7-15)9-17-14(18)12-10-4-5-11(8-10)13(12)16/h10-13H,2-9,16H2,1H3,(H,17,18). The summed E-state index contributed by atoms with van der Waals surface area (Å²) in [6.45, 7) is 0.841. The molecule has 3 aliphatic rings. The number of carbonyl (C=O) groups is 1. The fourth-order valence-corrected chi connectivity index (χ4v) is 5.48. The minimum atomic E-state index is 0.0964. The topological polar surface area (TPSA) is 55.1 Å². The molecule has 3 aliphatic carbocycles. The van der Waals surface area contributed by atoms with Crippen LogP contribution in [0.4, 0.5) is 0 Å². The maximum atomic E-state index is 12.5. The number of rotatable bonds is 4. The van der Waals surface area contributed by atoms with Gasteiger partial charge in [-0.25, -0.2) is 0 Å². The molecule has 4 heteroatoms. The molecule has 0 radical (unpaired) electrons. The first-order valence-corrected chi connectivity index (χ1v) is 8.96. The van der Waals surface area contributed by atoms with Crippen LogP contribution in [-0.4, -0.2) is 29.5 Å². The molecule has 3 N–H and O–H groups in total. The Balaban J connectivity index is 1.57. The van der Waals surface area contributed by atoms with Crippen LogP contribution in [0.3, 0.4) is 0 Å². The van der Waals surface area contributed by atoms with E-state index in [1.807, 2.05) is 11.8 Å². The van der Waals surface area contributed by atoms with Crippen LogP contribution in [0.1, 0.15) is 44.9 Å². The summed E-state index contributed by atoms with van der Waals surface area (Å²) in [5.74, 6) is 1.51. The van der Waals surface area contributed by atoms with Gasteiger partial charge in [0.15, 0.2) is 0 Å². The zero-order chi connectivity index (χ0) is 13.5. The molecule has 108 valence electrons. The largest absolute Gasteiger partial charge is 0.354 e. The molecule has 2 bridgehead atoms. The van der Waals surface area contributed by atoms with Gasteiger partial charge in [-0.1, -0.05) is 12.8 Å². The Hall–Kier alpha value is -0.220. The van der Waals surface area contributed by atoms with Crippen LogP contribution in [0.25, 0.3) is 0 Å². The van der Waals surface area contributed by atoms with Crippen LogP contribution in [0, 0.1) is 17.8 Å². The minimum absolute atomic E-state index is 0.0964. The number of hydrogen-bond donors (Lipinski definition) is 2. The van der Waals surface area contributed by atoms with E-state index in [2.05, 4.69) is 11.6 Å². The van der Waals surface area contributed by atoms with Gasteiger partial charge < -0.3 is 11.1 Å². The van der Waals surface area contributed by atoms with Crippen molar-refractivity contribution in [2.24, 2.45) is 23.5 Å². The molecule has 3 nitrogen and oxygen atoms in total. The summed E-state index contributed by atoms with van der Waals surface area (Å²) in [6.07, 6.45) is 10.9. The van der Waals surface area contributed by atoms with Gasteiger partial charge in [-0.2, -0.15) is 11.8 Å². The van der Waals surface area contributed by atoms with Crippen molar-refractivity contribution in [3.05, 3.63) is 0 Å². The Bertz CT molecular complexity index is 352. The van der Waals surface area contributed by atoms with E-state index in [-0.39, 0.29) is 17.9 Å². The minimum Gasteiger partial charge on any atom is -0.354 e. The third kappa shape index (κ3) is 2.42. The average molecular weight is 282 g/mol. The third-order valence-corrected chi connectivity index (χ3v) is 7.23. The molecule has 19 heavy (non-hydrogen) atoms. The molecule has 0 aromatic rings. The maximum absolute atomic E-state index is 12.5. The molecule has 0 heterocycles. The summed E-state index contributed by atoms with van der Waals surface area (Å²) < 4.78 is 0.303. The number of nitrogens with two attached hydrogens (primary N) is 1. The van der Waals surface area contributed by atoms with Crippen LogP contribution >= 0.6 is 11.8 Å². The van der Waals surface area contributed by atoms with Crippen LogP contribution in [0.2, 0.25) is 0 Å². The van der Waals surface area contributed by atoms with Crippen molar-refractivity contribution in [1.29, 1.82) is 0 Å². The number of fused-ring (bicyclic) bond motifs is 2. The Morgan fingerprint density at radius 3 is 2.58 bits per heavy atom. The van der Waals surface area contributed by atoms with Crippen molar-refractivity contribution >= 4 is 17.7 Å². The van der Waals surface area contributed by atoms with E-state index in [1.54, 1.807) is 0 Å². The van der Waals surface area contributed by atoms with E-state index in [9.17, 15) is 4.79 Å². The first-order valence-electron chi connectivity index (χ1n) is 7.74. The second-order valence-electron chi connectivity index (χ2n) is 6.75. The molecule has 3 rings (SSSR count). The summed E-state index contributed by atoms with van der Waals surface area (Å²) in [5, 5.41) is 3.23. The second-order valence-corrected chi connectivity index (χ2v) is 8.02. The fraction of sp³-hybridized carbons (Fsp3) is 0.933. The van der Waals surface area contributed by atoms with Crippen LogP contribution in [0.5, 0.6) is 0 Å². The fourth-order valence-electron chi connectivity index (χ4n) is 4.56. The van der Waals surface area contributed by atoms with Gasteiger partial charge in [0.2, 0.25) is 5.91 Å². The Labute approximate surface area is 120 Å². The van der Waals surface area contributed by atoms with Crippen molar-refractivity contribution in [3.8, 4) is 0 Å². The molecule has 0 aromatic heterocycles. The quantitative estimate of drug-likeness (QED) is 0.831.